The Morgan fingerprint density at radius 3 is 2.90 bits per heavy atom. The molecule has 1 aromatic rings. The second kappa shape index (κ2) is 8.36. The van der Waals surface area contributed by atoms with E-state index < -0.39 is 0 Å². The molecule has 1 aromatic heterocycles. The third kappa shape index (κ3) is 4.69. The minimum Gasteiger partial charge on any atom is -0.376 e. The summed E-state index contributed by atoms with van der Waals surface area (Å²) < 4.78 is 7.40. The number of aromatic nitrogens is 2. The van der Waals surface area contributed by atoms with Crippen molar-refractivity contribution in [2.45, 2.75) is 31.4 Å². The minimum atomic E-state index is -0.350. The van der Waals surface area contributed by atoms with E-state index in [4.69, 9.17) is 4.74 Å². The number of carbonyl (C=O) groups excluding carboxylic acids is 1. The lowest BCUT2D eigenvalue weighted by Gasteiger charge is -2.29. The maximum absolute atomic E-state index is 12.5. The van der Waals surface area contributed by atoms with Gasteiger partial charge in [0.2, 0.25) is 5.91 Å². The van der Waals surface area contributed by atoms with Crippen LogP contribution >= 0.6 is 12.4 Å². The molecular weight excluding hydrogens is 292 g/mol. The van der Waals surface area contributed by atoms with E-state index >= 15 is 0 Å². The van der Waals surface area contributed by atoms with Gasteiger partial charge in [0.05, 0.1) is 12.3 Å². The molecule has 2 heterocycles. The Morgan fingerprint density at radius 1 is 1.62 bits per heavy atom. The van der Waals surface area contributed by atoms with Crippen LogP contribution in [0.25, 0.3) is 0 Å². The van der Waals surface area contributed by atoms with E-state index in [1.165, 1.54) is 6.42 Å². The van der Waals surface area contributed by atoms with Crippen LogP contribution in [0.15, 0.2) is 12.4 Å². The van der Waals surface area contributed by atoms with Gasteiger partial charge in [-0.15, -0.1) is 12.4 Å². The molecule has 1 saturated heterocycles. The van der Waals surface area contributed by atoms with E-state index in [2.05, 4.69) is 10.4 Å². The first-order valence-corrected chi connectivity index (χ1v) is 7.14. The number of nitrogens with one attached hydrogen (secondary N) is 1. The molecule has 0 aromatic carbocycles. The van der Waals surface area contributed by atoms with Crippen LogP contribution in [0.4, 0.5) is 0 Å². The summed E-state index contributed by atoms with van der Waals surface area (Å²) in [6, 6.07) is -0.350. The van der Waals surface area contributed by atoms with Gasteiger partial charge in [0.1, 0.15) is 6.04 Å². The number of carbonyl (C=O) groups is 1. The van der Waals surface area contributed by atoms with Gasteiger partial charge in [0.15, 0.2) is 0 Å². The van der Waals surface area contributed by atoms with Gasteiger partial charge in [-0.2, -0.15) is 5.10 Å². The lowest BCUT2D eigenvalue weighted by Crippen LogP contribution is -2.42. The zero-order valence-electron chi connectivity index (χ0n) is 12.9. The first-order valence-electron chi connectivity index (χ1n) is 7.14. The maximum atomic E-state index is 12.5. The van der Waals surface area contributed by atoms with Crippen molar-refractivity contribution in [2.24, 2.45) is 7.05 Å². The van der Waals surface area contributed by atoms with Crippen LogP contribution in [-0.2, 0) is 16.6 Å². The molecule has 7 heteroatoms. The van der Waals surface area contributed by atoms with Gasteiger partial charge in [-0.25, -0.2) is 0 Å². The van der Waals surface area contributed by atoms with Crippen molar-refractivity contribution >= 4 is 18.3 Å². The molecular formula is C14H25ClN4O2. The van der Waals surface area contributed by atoms with E-state index in [0.717, 1.165) is 25.0 Å². The number of ether oxygens (including phenoxy) is 1. The third-order valence-electron chi connectivity index (χ3n) is 3.72. The zero-order chi connectivity index (χ0) is 14.5. The molecule has 1 amide bonds. The Bertz CT molecular complexity index is 446. The van der Waals surface area contributed by atoms with Crippen LogP contribution in [-0.4, -0.2) is 53.9 Å². The Morgan fingerprint density at radius 2 is 2.38 bits per heavy atom. The average Bonchev–Trinajstić information content (AvgIpc) is 2.87. The van der Waals surface area contributed by atoms with Crippen LogP contribution in [0.1, 0.15) is 30.9 Å². The normalized spacial score (nSPS) is 19.7. The summed E-state index contributed by atoms with van der Waals surface area (Å²) in [5, 5.41) is 7.19. The van der Waals surface area contributed by atoms with E-state index in [1.807, 2.05) is 20.3 Å². The molecule has 1 aliphatic rings. The molecule has 0 aliphatic carbocycles. The quantitative estimate of drug-likeness (QED) is 0.884. The zero-order valence-corrected chi connectivity index (χ0v) is 13.7. The number of nitrogens with zero attached hydrogens (tertiary/aromatic N) is 3. The number of amides is 1. The highest BCUT2D eigenvalue weighted by atomic mass is 35.5. The first-order chi connectivity index (χ1) is 9.61. The third-order valence-corrected chi connectivity index (χ3v) is 3.72. The van der Waals surface area contributed by atoms with Crippen molar-refractivity contribution in [3.05, 3.63) is 18.0 Å². The van der Waals surface area contributed by atoms with Crippen LogP contribution < -0.4 is 5.32 Å². The standard InChI is InChI=1S/C14H24N4O2.ClH/c1-15-13(11-8-16-18(3)9-11)14(19)17(2)10-12-6-4-5-7-20-12;/h8-9,12-13,15H,4-7,10H2,1-3H3;1H. The Kier molecular flexibility index (Phi) is 7.14. The number of rotatable bonds is 5. The molecule has 6 nitrogen and oxygen atoms in total. The fourth-order valence-corrected chi connectivity index (χ4v) is 2.59. The lowest BCUT2D eigenvalue weighted by molar-refractivity contribution is -0.134. The Balaban J connectivity index is 0.00000220. The predicted molar refractivity (Wildman–Crippen MR) is 83.5 cm³/mol. The fraction of sp³-hybridized carbons (Fsp3) is 0.714. The van der Waals surface area contributed by atoms with Gasteiger partial charge in [-0.1, -0.05) is 0 Å². The molecule has 0 bridgehead atoms. The maximum Gasteiger partial charge on any atom is 0.244 e. The smallest absolute Gasteiger partial charge is 0.244 e. The summed E-state index contributed by atoms with van der Waals surface area (Å²) in [6.45, 7) is 1.46. The van der Waals surface area contributed by atoms with Crippen molar-refractivity contribution in [3.63, 3.8) is 0 Å². The highest BCUT2D eigenvalue weighted by Crippen LogP contribution is 2.17. The molecule has 2 atom stereocenters. The topological polar surface area (TPSA) is 59.4 Å². The summed E-state index contributed by atoms with van der Waals surface area (Å²) in [5.74, 6) is 0.0506. The summed E-state index contributed by atoms with van der Waals surface area (Å²) in [6.07, 6.45) is 7.11. The largest absolute Gasteiger partial charge is 0.376 e. The van der Waals surface area contributed by atoms with Crippen molar-refractivity contribution in [1.29, 1.82) is 0 Å². The molecule has 120 valence electrons. The number of halogens is 1. The average molecular weight is 317 g/mol. The molecule has 1 N–H and O–H groups in total. The van der Waals surface area contributed by atoms with Crippen LogP contribution in [0.2, 0.25) is 0 Å². The highest BCUT2D eigenvalue weighted by molar-refractivity contribution is 5.85. The Hall–Kier alpha value is -1.11. The van der Waals surface area contributed by atoms with Crippen molar-refractivity contribution in [1.82, 2.24) is 20.0 Å². The minimum absolute atomic E-state index is 0. The molecule has 0 spiro atoms. The number of hydrogen-bond acceptors (Lipinski definition) is 4. The summed E-state index contributed by atoms with van der Waals surface area (Å²) in [7, 11) is 5.47. The second-order valence-corrected chi connectivity index (χ2v) is 5.38. The SMILES string of the molecule is CNC(C(=O)N(C)CC1CCCCO1)c1cnn(C)c1.Cl. The van der Waals surface area contributed by atoms with Crippen molar-refractivity contribution in [3.8, 4) is 0 Å². The van der Waals surface area contributed by atoms with Crippen molar-refractivity contribution < 1.29 is 9.53 Å². The van der Waals surface area contributed by atoms with Gasteiger partial charge in [0, 0.05) is 39.0 Å². The van der Waals surface area contributed by atoms with Gasteiger partial charge >= 0.3 is 0 Å². The fourth-order valence-electron chi connectivity index (χ4n) is 2.59. The molecule has 21 heavy (non-hydrogen) atoms. The number of likely N-dealkylation sites (N-methyl/N-ethyl adjacent to an activating group) is 2. The van der Waals surface area contributed by atoms with E-state index in [0.29, 0.717) is 6.54 Å². The second-order valence-electron chi connectivity index (χ2n) is 5.38. The van der Waals surface area contributed by atoms with Crippen LogP contribution in [0.3, 0.4) is 0 Å². The van der Waals surface area contributed by atoms with E-state index in [1.54, 1.807) is 22.8 Å². The molecule has 0 saturated carbocycles. The molecule has 0 radical (unpaired) electrons. The lowest BCUT2D eigenvalue weighted by atomic mass is 10.1. The van der Waals surface area contributed by atoms with Gasteiger partial charge < -0.3 is 15.0 Å². The van der Waals surface area contributed by atoms with Gasteiger partial charge in [0.25, 0.3) is 0 Å². The molecule has 1 fully saturated rings. The summed E-state index contributed by atoms with van der Waals surface area (Å²) in [5.41, 5.74) is 0.886. The predicted octanol–water partition coefficient (Wildman–Crippen LogP) is 1.13. The Labute approximate surface area is 132 Å². The molecule has 1 aliphatic heterocycles. The summed E-state index contributed by atoms with van der Waals surface area (Å²) in [4.78, 5) is 14.3. The number of hydrogen-bond donors (Lipinski definition) is 1. The highest BCUT2D eigenvalue weighted by Gasteiger charge is 2.26. The van der Waals surface area contributed by atoms with Crippen LogP contribution in [0, 0.1) is 0 Å². The van der Waals surface area contributed by atoms with Gasteiger partial charge in [-0.3, -0.25) is 9.48 Å². The summed E-state index contributed by atoms with van der Waals surface area (Å²) >= 11 is 0. The van der Waals surface area contributed by atoms with E-state index in [-0.39, 0.29) is 30.5 Å². The van der Waals surface area contributed by atoms with Gasteiger partial charge in [-0.05, 0) is 26.3 Å². The first kappa shape index (κ1) is 17.9. The number of aryl methyl sites for hydroxylation is 1. The van der Waals surface area contributed by atoms with Crippen molar-refractivity contribution in [2.75, 3.05) is 27.2 Å². The molecule has 2 rings (SSSR count). The molecule has 2 unspecified atom stereocenters. The van der Waals surface area contributed by atoms with E-state index in [9.17, 15) is 4.79 Å². The van der Waals surface area contributed by atoms with Crippen LogP contribution in [0.5, 0.6) is 0 Å². The monoisotopic (exact) mass is 316 g/mol.